The normalized spacial score (nSPS) is 11.6. The number of hydrogen-bond donors (Lipinski definition) is 2. The van der Waals surface area contributed by atoms with Crippen molar-refractivity contribution in [2.24, 2.45) is 5.73 Å². The van der Waals surface area contributed by atoms with Crippen LogP contribution in [0.5, 0.6) is 0 Å². The maximum absolute atomic E-state index is 11.5. The monoisotopic (exact) mass is 237 g/mol. The van der Waals surface area contributed by atoms with Gasteiger partial charge in [0.15, 0.2) is 0 Å². The van der Waals surface area contributed by atoms with Gasteiger partial charge in [-0.2, -0.15) is 5.26 Å². The molecule has 0 aliphatic carbocycles. The van der Waals surface area contributed by atoms with Crippen molar-refractivity contribution in [3.8, 4) is 6.07 Å². The molecule has 0 saturated heterocycles. The molecule has 84 valence electrons. The highest BCUT2D eigenvalue weighted by molar-refractivity contribution is 6.32. The molecule has 16 heavy (non-hydrogen) atoms. The van der Waals surface area contributed by atoms with E-state index in [1.54, 1.807) is 12.1 Å². The second-order valence-corrected chi connectivity index (χ2v) is 3.72. The van der Waals surface area contributed by atoms with Crippen molar-refractivity contribution in [3.05, 3.63) is 28.8 Å². The highest BCUT2D eigenvalue weighted by Crippen LogP contribution is 2.20. The number of carbonyl (C=O) groups is 1. The van der Waals surface area contributed by atoms with Crippen LogP contribution in [-0.4, -0.2) is 11.9 Å². The van der Waals surface area contributed by atoms with Gasteiger partial charge in [-0.25, -0.2) is 0 Å². The quantitative estimate of drug-likeness (QED) is 0.843. The number of nitrogens with two attached hydrogens (primary N) is 1. The van der Waals surface area contributed by atoms with Gasteiger partial charge in [-0.15, -0.1) is 0 Å². The van der Waals surface area contributed by atoms with Crippen LogP contribution in [0.2, 0.25) is 5.02 Å². The van der Waals surface area contributed by atoms with Crippen molar-refractivity contribution in [2.45, 2.75) is 19.4 Å². The molecule has 1 amide bonds. The number of nitrogens with one attached hydrogen (secondary N) is 1. The summed E-state index contributed by atoms with van der Waals surface area (Å²) in [7, 11) is 0. The maximum atomic E-state index is 11.5. The summed E-state index contributed by atoms with van der Waals surface area (Å²) in [5.41, 5.74) is 6.48. The van der Waals surface area contributed by atoms with E-state index in [1.165, 1.54) is 6.07 Å². The number of halogens is 1. The molecule has 1 atom stereocenters. The smallest absolute Gasteiger partial charge is 0.241 e. The molecule has 0 fully saturated rings. The molecule has 5 heteroatoms. The number of nitrogens with zero attached hydrogens (tertiary/aromatic N) is 1. The predicted octanol–water partition coefficient (Wildman–Crippen LogP) is 1.89. The molecule has 3 N–H and O–H groups in total. The largest absolute Gasteiger partial charge is 0.325 e. The maximum Gasteiger partial charge on any atom is 0.241 e. The van der Waals surface area contributed by atoms with E-state index < -0.39 is 6.04 Å². The zero-order valence-corrected chi connectivity index (χ0v) is 9.58. The number of carbonyl (C=O) groups excluding carboxylic acids is 1. The van der Waals surface area contributed by atoms with Gasteiger partial charge in [0.1, 0.15) is 6.07 Å². The minimum Gasteiger partial charge on any atom is -0.325 e. The van der Waals surface area contributed by atoms with Crippen LogP contribution in [0.25, 0.3) is 0 Å². The van der Waals surface area contributed by atoms with Gasteiger partial charge in [-0.1, -0.05) is 18.5 Å². The molecule has 0 saturated carbocycles. The molecule has 0 bridgehead atoms. The molecule has 0 radical (unpaired) electrons. The Bertz CT molecular complexity index is 439. The first kappa shape index (κ1) is 12.5. The molecule has 1 rings (SSSR count). The first-order valence-corrected chi connectivity index (χ1v) is 5.22. The summed E-state index contributed by atoms with van der Waals surface area (Å²) in [5, 5.41) is 11.6. The van der Waals surface area contributed by atoms with Gasteiger partial charge in [0.25, 0.3) is 0 Å². The zero-order valence-electron chi connectivity index (χ0n) is 8.83. The lowest BCUT2D eigenvalue weighted by molar-refractivity contribution is -0.117. The molecular formula is C11H12ClN3O. The Hall–Kier alpha value is -1.57. The van der Waals surface area contributed by atoms with Gasteiger partial charge in [0, 0.05) is 5.69 Å². The Kier molecular flexibility index (Phi) is 4.29. The van der Waals surface area contributed by atoms with Gasteiger partial charge < -0.3 is 11.1 Å². The van der Waals surface area contributed by atoms with Gasteiger partial charge in [0.2, 0.25) is 5.91 Å². The van der Waals surface area contributed by atoms with Crippen LogP contribution in [0.15, 0.2) is 18.2 Å². The van der Waals surface area contributed by atoms with Crippen LogP contribution in [0.3, 0.4) is 0 Å². The summed E-state index contributed by atoms with van der Waals surface area (Å²) in [6.45, 7) is 1.83. The van der Waals surface area contributed by atoms with E-state index in [4.69, 9.17) is 22.6 Å². The lowest BCUT2D eigenvalue weighted by atomic mass is 10.2. The fourth-order valence-electron chi connectivity index (χ4n) is 1.10. The van der Waals surface area contributed by atoms with E-state index in [0.717, 1.165) is 0 Å². The Balaban J connectivity index is 2.80. The van der Waals surface area contributed by atoms with Gasteiger partial charge in [-0.3, -0.25) is 4.79 Å². The first-order valence-electron chi connectivity index (χ1n) is 4.84. The highest BCUT2D eigenvalue weighted by atomic mass is 35.5. The zero-order chi connectivity index (χ0) is 12.1. The molecule has 4 nitrogen and oxygen atoms in total. The van der Waals surface area contributed by atoms with Gasteiger partial charge in [0.05, 0.1) is 16.6 Å². The molecule has 1 aromatic carbocycles. The van der Waals surface area contributed by atoms with Crippen LogP contribution in [0.1, 0.15) is 18.9 Å². The average molecular weight is 238 g/mol. The highest BCUT2D eigenvalue weighted by Gasteiger charge is 2.11. The summed E-state index contributed by atoms with van der Waals surface area (Å²) >= 11 is 5.82. The van der Waals surface area contributed by atoms with E-state index in [0.29, 0.717) is 22.7 Å². The number of hydrogen-bond acceptors (Lipinski definition) is 3. The molecule has 0 aliphatic rings. The standard InChI is InChI=1S/C11H12ClN3O/c1-2-10(14)11(16)15-8-4-3-7(6-13)9(12)5-8/h3-5,10H,2,14H2,1H3,(H,15,16). The second-order valence-electron chi connectivity index (χ2n) is 3.31. The van der Waals surface area contributed by atoms with Crippen molar-refractivity contribution in [1.82, 2.24) is 0 Å². The Morgan fingerprint density at radius 1 is 1.69 bits per heavy atom. The third kappa shape index (κ3) is 2.96. The summed E-state index contributed by atoms with van der Waals surface area (Å²) in [6.07, 6.45) is 0.565. The van der Waals surface area contributed by atoms with Crippen molar-refractivity contribution in [1.29, 1.82) is 5.26 Å². The van der Waals surface area contributed by atoms with Crippen molar-refractivity contribution in [2.75, 3.05) is 5.32 Å². The Morgan fingerprint density at radius 2 is 2.38 bits per heavy atom. The fourth-order valence-corrected chi connectivity index (χ4v) is 1.33. The van der Waals surface area contributed by atoms with E-state index in [-0.39, 0.29) is 5.91 Å². The minimum absolute atomic E-state index is 0.261. The second kappa shape index (κ2) is 5.50. The predicted molar refractivity (Wildman–Crippen MR) is 63.1 cm³/mol. The number of benzene rings is 1. The van der Waals surface area contributed by atoms with Crippen LogP contribution in [0.4, 0.5) is 5.69 Å². The van der Waals surface area contributed by atoms with E-state index in [1.807, 2.05) is 13.0 Å². The van der Waals surface area contributed by atoms with Crippen molar-refractivity contribution < 1.29 is 4.79 Å². The topological polar surface area (TPSA) is 78.9 Å². The number of nitriles is 1. The summed E-state index contributed by atoms with van der Waals surface area (Å²) in [5.74, 6) is -0.261. The minimum atomic E-state index is -0.533. The molecule has 0 aliphatic heterocycles. The number of rotatable bonds is 3. The van der Waals surface area contributed by atoms with Gasteiger partial charge >= 0.3 is 0 Å². The molecular weight excluding hydrogens is 226 g/mol. The van der Waals surface area contributed by atoms with Crippen LogP contribution >= 0.6 is 11.6 Å². The summed E-state index contributed by atoms with van der Waals surface area (Å²) in [4.78, 5) is 11.5. The molecule has 1 unspecified atom stereocenters. The Morgan fingerprint density at radius 3 is 2.88 bits per heavy atom. The van der Waals surface area contributed by atoms with Crippen molar-refractivity contribution >= 4 is 23.2 Å². The number of anilines is 1. The SMILES string of the molecule is CCC(N)C(=O)Nc1ccc(C#N)c(Cl)c1. The van der Waals surface area contributed by atoms with Crippen LogP contribution < -0.4 is 11.1 Å². The summed E-state index contributed by atoms with van der Waals surface area (Å²) in [6, 6.07) is 6.10. The third-order valence-corrected chi connectivity index (χ3v) is 2.45. The van der Waals surface area contributed by atoms with Crippen molar-refractivity contribution in [3.63, 3.8) is 0 Å². The summed E-state index contributed by atoms with van der Waals surface area (Å²) < 4.78 is 0. The number of amides is 1. The Labute approximate surface area is 99.0 Å². The molecule has 0 heterocycles. The fraction of sp³-hybridized carbons (Fsp3) is 0.273. The molecule has 0 spiro atoms. The van der Waals surface area contributed by atoms with E-state index in [2.05, 4.69) is 5.32 Å². The molecule has 1 aromatic rings. The first-order chi connectivity index (χ1) is 7.58. The van der Waals surface area contributed by atoms with E-state index in [9.17, 15) is 4.79 Å². The van der Waals surface area contributed by atoms with Crippen LogP contribution in [0, 0.1) is 11.3 Å². The lowest BCUT2D eigenvalue weighted by Gasteiger charge is -2.10. The van der Waals surface area contributed by atoms with E-state index >= 15 is 0 Å². The van der Waals surface area contributed by atoms with Crippen LogP contribution in [-0.2, 0) is 4.79 Å². The van der Waals surface area contributed by atoms with Gasteiger partial charge in [-0.05, 0) is 24.6 Å². The third-order valence-electron chi connectivity index (χ3n) is 2.13. The average Bonchev–Trinajstić information content (AvgIpc) is 2.28. The lowest BCUT2D eigenvalue weighted by Crippen LogP contribution is -2.34. The molecule has 0 aromatic heterocycles.